The molecule has 8 heteroatoms. The van der Waals surface area contributed by atoms with Crippen molar-refractivity contribution in [3.63, 3.8) is 0 Å². The van der Waals surface area contributed by atoms with Crippen LogP contribution in [0.1, 0.15) is 10.5 Å². The molecule has 0 unspecified atom stereocenters. The number of aromatic carboxylic acids is 1. The second-order valence-electron chi connectivity index (χ2n) is 3.48. The predicted molar refractivity (Wildman–Crippen MR) is 62.1 cm³/mol. The van der Waals surface area contributed by atoms with Crippen LogP contribution in [0.2, 0.25) is 0 Å². The van der Waals surface area contributed by atoms with Gasteiger partial charge in [0, 0.05) is 11.6 Å². The lowest BCUT2D eigenvalue weighted by Gasteiger charge is -2.03. The summed E-state index contributed by atoms with van der Waals surface area (Å²) in [6.07, 6.45) is 0.967. The van der Waals surface area contributed by atoms with E-state index in [-0.39, 0.29) is 28.5 Å². The molecule has 0 saturated heterocycles. The fourth-order valence-electron chi connectivity index (χ4n) is 1.58. The van der Waals surface area contributed by atoms with Crippen LogP contribution in [0.25, 0.3) is 11.3 Å². The van der Waals surface area contributed by atoms with E-state index in [9.17, 15) is 14.9 Å². The highest BCUT2D eigenvalue weighted by atomic mass is 16.6. The van der Waals surface area contributed by atoms with Crippen LogP contribution in [0.4, 0.5) is 5.69 Å². The summed E-state index contributed by atoms with van der Waals surface area (Å²) in [6.45, 7) is 0. The normalized spacial score (nSPS) is 10.2. The summed E-state index contributed by atoms with van der Waals surface area (Å²) in [5, 5.41) is 19.8. The van der Waals surface area contributed by atoms with E-state index in [4.69, 9.17) is 14.3 Å². The summed E-state index contributed by atoms with van der Waals surface area (Å²) < 4.78 is 9.82. The minimum atomic E-state index is -1.28. The fourth-order valence-corrected chi connectivity index (χ4v) is 1.58. The molecule has 1 heterocycles. The van der Waals surface area contributed by atoms with E-state index in [1.807, 2.05) is 0 Å². The maximum atomic E-state index is 10.9. The molecule has 0 aliphatic rings. The first-order valence-electron chi connectivity index (χ1n) is 5.04. The molecule has 0 radical (unpaired) electrons. The van der Waals surface area contributed by atoms with Gasteiger partial charge in [0.15, 0.2) is 23.6 Å². The summed E-state index contributed by atoms with van der Waals surface area (Å²) in [5.41, 5.74) is -0.352. The average Bonchev–Trinajstić information content (AvgIpc) is 2.87. The van der Waals surface area contributed by atoms with E-state index in [1.165, 1.54) is 25.3 Å². The summed E-state index contributed by atoms with van der Waals surface area (Å²) in [7, 11) is 1.30. The predicted octanol–water partition coefficient (Wildman–Crippen LogP) is 1.96. The summed E-state index contributed by atoms with van der Waals surface area (Å²) in [6, 6.07) is 3.99. The van der Waals surface area contributed by atoms with Gasteiger partial charge < -0.3 is 14.3 Å². The SMILES string of the molecule is COc1ccc(-c2ocnc2C(=O)O)cc1[N+](=O)[O-]. The number of oxazole rings is 1. The lowest BCUT2D eigenvalue weighted by molar-refractivity contribution is -0.385. The van der Waals surface area contributed by atoms with E-state index in [2.05, 4.69) is 4.98 Å². The molecule has 1 aromatic heterocycles. The zero-order valence-corrected chi connectivity index (χ0v) is 9.69. The summed E-state index contributed by atoms with van der Waals surface area (Å²) >= 11 is 0. The first-order valence-corrected chi connectivity index (χ1v) is 5.04. The third kappa shape index (κ3) is 2.23. The Balaban J connectivity index is 2.57. The Kier molecular flexibility index (Phi) is 3.15. The zero-order valence-electron chi connectivity index (χ0n) is 9.69. The van der Waals surface area contributed by atoms with Gasteiger partial charge in [0.05, 0.1) is 12.0 Å². The van der Waals surface area contributed by atoms with Gasteiger partial charge in [-0.05, 0) is 12.1 Å². The van der Waals surface area contributed by atoms with Gasteiger partial charge in [0.1, 0.15) is 0 Å². The monoisotopic (exact) mass is 264 g/mol. The molecule has 19 heavy (non-hydrogen) atoms. The van der Waals surface area contributed by atoms with Gasteiger partial charge in [-0.1, -0.05) is 0 Å². The molecule has 0 aliphatic carbocycles. The fraction of sp³-hybridized carbons (Fsp3) is 0.0909. The topological polar surface area (TPSA) is 116 Å². The molecule has 0 saturated carbocycles. The zero-order chi connectivity index (χ0) is 14.0. The van der Waals surface area contributed by atoms with Crippen molar-refractivity contribution in [2.45, 2.75) is 0 Å². The van der Waals surface area contributed by atoms with Crippen molar-refractivity contribution < 1.29 is 24.0 Å². The molecule has 0 spiro atoms. The number of carboxylic acids is 1. The third-order valence-corrected chi connectivity index (χ3v) is 2.41. The van der Waals surface area contributed by atoms with Crippen LogP contribution in [0.15, 0.2) is 29.0 Å². The highest BCUT2D eigenvalue weighted by Gasteiger charge is 2.21. The Morgan fingerprint density at radius 2 is 2.26 bits per heavy atom. The number of ether oxygens (including phenoxy) is 1. The number of carbonyl (C=O) groups is 1. The number of hydrogen-bond acceptors (Lipinski definition) is 6. The van der Waals surface area contributed by atoms with Crippen molar-refractivity contribution in [1.29, 1.82) is 0 Å². The molecule has 98 valence electrons. The lowest BCUT2D eigenvalue weighted by atomic mass is 10.1. The van der Waals surface area contributed by atoms with Crippen molar-refractivity contribution in [3.8, 4) is 17.1 Å². The molecule has 2 aromatic rings. The van der Waals surface area contributed by atoms with E-state index >= 15 is 0 Å². The Morgan fingerprint density at radius 1 is 1.53 bits per heavy atom. The Morgan fingerprint density at radius 3 is 2.84 bits per heavy atom. The molecule has 0 amide bonds. The van der Waals surface area contributed by atoms with Gasteiger partial charge >= 0.3 is 11.7 Å². The minimum Gasteiger partial charge on any atom is -0.490 e. The standard InChI is InChI=1S/C11H8N2O6/c1-18-8-3-2-6(4-7(8)13(16)17)10-9(11(14)15)12-5-19-10/h2-5H,1H3,(H,14,15). The lowest BCUT2D eigenvalue weighted by Crippen LogP contribution is -1.99. The maximum absolute atomic E-state index is 10.9. The van der Waals surface area contributed by atoms with Crippen molar-refractivity contribution in [1.82, 2.24) is 4.98 Å². The van der Waals surface area contributed by atoms with Crippen LogP contribution in [-0.4, -0.2) is 28.1 Å². The Hall–Kier alpha value is -2.90. The number of benzene rings is 1. The smallest absolute Gasteiger partial charge is 0.358 e. The Labute approximate surface area is 106 Å². The molecular weight excluding hydrogens is 256 g/mol. The van der Waals surface area contributed by atoms with Gasteiger partial charge in [0.2, 0.25) is 0 Å². The molecule has 8 nitrogen and oxygen atoms in total. The molecule has 0 aliphatic heterocycles. The Bertz CT molecular complexity index is 648. The van der Waals surface area contributed by atoms with E-state index in [0.717, 1.165) is 6.39 Å². The van der Waals surface area contributed by atoms with Crippen LogP contribution >= 0.6 is 0 Å². The van der Waals surface area contributed by atoms with Gasteiger partial charge in [0.25, 0.3) is 0 Å². The van der Waals surface area contributed by atoms with Gasteiger partial charge in [-0.15, -0.1) is 0 Å². The molecule has 1 N–H and O–H groups in total. The third-order valence-electron chi connectivity index (χ3n) is 2.41. The number of nitro benzene ring substituents is 1. The summed E-state index contributed by atoms with van der Waals surface area (Å²) in [4.78, 5) is 24.7. The maximum Gasteiger partial charge on any atom is 0.358 e. The number of aromatic nitrogens is 1. The number of methoxy groups -OCH3 is 1. The van der Waals surface area contributed by atoms with Gasteiger partial charge in [-0.2, -0.15) is 0 Å². The highest BCUT2D eigenvalue weighted by molar-refractivity contribution is 5.92. The summed E-state index contributed by atoms with van der Waals surface area (Å²) in [5.74, 6) is -1.24. The van der Waals surface area contributed by atoms with Gasteiger partial charge in [-0.3, -0.25) is 10.1 Å². The van der Waals surface area contributed by atoms with Crippen LogP contribution in [0.5, 0.6) is 5.75 Å². The molecule has 0 atom stereocenters. The van der Waals surface area contributed by atoms with Crippen molar-refractivity contribution >= 4 is 11.7 Å². The largest absolute Gasteiger partial charge is 0.490 e. The van der Waals surface area contributed by atoms with E-state index in [0.29, 0.717) is 0 Å². The molecule has 2 rings (SSSR count). The molecule has 0 fully saturated rings. The van der Waals surface area contributed by atoms with E-state index < -0.39 is 10.9 Å². The minimum absolute atomic E-state index is 0.0433. The molecular formula is C11H8N2O6. The first-order chi connectivity index (χ1) is 9.04. The van der Waals surface area contributed by atoms with Crippen molar-refractivity contribution in [3.05, 3.63) is 40.4 Å². The highest BCUT2D eigenvalue weighted by Crippen LogP contribution is 2.33. The van der Waals surface area contributed by atoms with Crippen LogP contribution in [0.3, 0.4) is 0 Å². The second-order valence-corrected chi connectivity index (χ2v) is 3.48. The second kappa shape index (κ2) is 4.77. The van der Waals surface area contributed by atoms with Crippen LogP contribution in [-0.2, 0) is 0 Å². The quantitative estimate of drug-likeness (QED) is 0.662. The van der Waals surface area contributed by atoms with Crippen molar-refractivity contribution in [2.75, 3.05) is 7.11 Å². The average molecular weight is 264 g/mol. The van der Waals surface area contributed by atoms with Crippen LogP contribution in [0, 0.1) is 10.1 Å². The molecule has 1 aromatic carbocycles. The first kappa shape index (κ1) is 12.6. The van der Waals surface area contributed by atoms with Crippen molar-refractivity contribution in [2.24, 2.45) is 0 Å². The number of nitrogens with zero attached hydrogens (tertiary/aromatic N) is 2. The molecule has 0 bridgehead atoms. The number of carboxylic acid groups (broad SMARTS) is 1. The number of nitro groups is 1. The number of hydrogen-bond donors (Lipinski definition) is 1. The number of rotatable bonds is 4. The van der Waals surface area contributed by atoms with Gasteiger partial charge in [-0.25, -0.2) is 9.78 Å². The van der Waals surface area contributed by atoms with Crippen LogP contribution < -0.4 is 4.74 Å². The van der Waals surface area contributed by atoms with E-state index in [1.54, 1.807) is 0 Å².